The summed E-state index contributed by atoms with van der Waals surface area (Å²) in [5, 5.41) is 6.02. The van der Waals surface area contributed by atoms with Gasteiger partial charge in [-0.2, -0.15) is 0 Å². The van der Waals surface area contributed by atoms with Crippen molar-refractivity contribution in [3.63, 3.8) is 0 Å². The minimum Gasteiger partial charge on any atom is -0.456 e. The van der Waals surface area contributed by atoms with Crippen molar-refractivity contribution in [2.24, 2.45) is 5.92 Å². The second kappa shape index (κ2) is 15.3. The van der Waals surface area contributed by atoms with Crippen molar-refractivity contribution < 1.29 is 33.1 Å². The van der Waals surface area contributed by atoms with Crippen LogP contribution < -0.4 is 16.1 Å². The fraction of sp³-hybridized carbons (Fsp3) is 0.410. The molecule has 16 heteroatoms. The number of likely N-dealkylation sites (tertiary alicyclic amines) is 2. The topological polar surface area (TPSA) is 205 Å². The van der Waals surface area contributed by atoms with Crippen LogP contribution in [0.2, 0.25) is 0 Å². The molecule has 16 nitrogen and oxygen atoms in total. The van der Waals surface area contributed by atoms with Crippen LogP contribution in [0.25, 0.3) is 44.5 Å². The number of carbonyl (C=O) groups is 4. The second-order valence-corrected chi connectivity index (χ2v) is 14.3. The fourth-order valence-corrected chi connectivity index (χ4v) is 7.55. The second-order valence-electron chi connectivity index (χ2n) is 14.3. The summed E-state index contributed by atoms with van der Waals surface area (Å²) in [5.41, 5.74) is 3.53. The first kappa shape index (κ1) is 37.1. The van der Waals surface area contributed by atoms with E-state index in [1.165, 1.54) is 14.2 Å². The highest BCUT2D eigenvalue weighted by molar-refractivity contribution is 5.93. The number of nitrogens with zero attached hydrogens (tertiary/aromatic N) is 4. The molecule has 0 unspecified atom stereocenters. The van der Waals surface area contributed by atoms with Gasteiger partial charge < -0.3 is 44.3 Å². The Hall–Kier alpha value is -6.19. The lowest BCUT2D eigenvalue weighted by Gasteiger charge is -2.30. The van der Waals surface area contributed by atoms with Gasteiger partial charge >= 0.3 is 12.2 Å². The van der Waals surface area contributed by atoms with Crippen molar-refractivity contribution in [2.75, 3.05) is 27.3 Å². The van der Waals surface area contributed by atoms with E-state index in [4.69, 9.17) is 9.15 Å². The first-order valence-electron chi connectivity index (χ1n) is 18.4. The summed E-state index contributed by atoms with van der Waals surface area (Å²) in [5.74, 6) is 0.691. The summed E-state index contributed by atoms with van der Waals surface area (Å²) in [4.78, 5) is 83.6. The average Bonchev–Trinajstić information content (AvgIpc) is 4.02. The Labute approximate surface area is 316 Å². The fourth-order valence-electron chi connectivity index (χ4n) is 7.55. The zero-order valence-corrected chi connectivity index (χ0v) is 31.3. The van der Waals surface area contributed by atoms with Gasteiger partial charge in [0.2, 0.25) is 17.2 Å². The van der Waals surface area contributed by atoms with E-state index in [2.05, 4.69) is 35.3 Å². The summed E-state index contributed by atoms with van der Waals surface area (Å²) in [6.45, 7) is 6.44. The lowest BCUT2D eigenvalue weighted by molar-refractivity contribution is -0.135. The number of aromatic nitrogens is 4. The van der Waals surface area contributed by atoms with Gasteiger partial charge in [0.25, 0.3) is 0 Å². The Morgan fingerprint density at radius 1 is 0.764 bits per heavy atom. The van der Waals surface area contributed by atoms with Crippen molar-refractivity contribution >= 4 is 45.9 Å². The molecule has 0 radical (unpaired) electrons. The number of alkyl carbamates (subject to hydrolysis) is 2. The maximum absolute atomic E-state index is 13.8. The van der Waals surface area contributed by atoms with Crippen molar-refractivity contribution in [1.29, 1.82) is 0 Å². The quantitative estimate of drug-likeness (QED) is 0.145. The van der Waals surface area contributed by atoms with E-state index >= 15 is 0 Å². The maximum Gasteiger partial charge on any atom is 0.407 e. The van der Waals surface area contributed by atoms with Crippen LogP contribution in [0, 0.1) is 5.92 Å². The zero-order valence-electron chi connectivity index (χ0n) is 31.3. The van der Waals surface area contributed by atoms with Gasteiger partial charge in [-0.3, -0.25) is 14.4 Å². The van der Waals surface area contributed by atoms with Gasteiger partial charge in [-0.1, -0.05) is 19.9 Å². The molecule has 55 heavy (non-hydrogen) atoms. The molecule has 288 valence electrons. The van der Waals surface area contributed by atoms with Crippen LogP contribution in [0.3, 0.4) is 0 Å². The van der Waals surface area contributed by atoms with E-state index in [1.54, 1.807) is 53.4 Å². The maximum atomic E-state index is 13.8. The molecule has 4 N–H and O–H groups in total. The number of aromatic amines is 2. The SMILES string of the molecule is COC(=O)N[C@@H](C)C(=O)N1CCC[C@H]1c1ncc(-c2ccc3oc4cc(-c5cnc([C@@H]6CCCN6C(=O)[C@@H](NC(=O)OC)C(C)C)[nH]5)ccc4c(=O)c3c2)[nH]1. The van der Waals surface area contributed by atoms with Crippen molar-refractivity contribution in [2.45, 2.75) is 70.6 Å². The van der Waals surface area contributed by atoms with Crippen LogP contribution in [0.5, 0.6) is 0 Å². The lowest BCUT2D eigenvalue weighted by atomic mass is 10.0. The number of fused-ring (bicyclic) bond motifs is 2. The lowest BCUT2D eigenvalue weighted by Crippen LogP contribution is -2.51. The molecule has 7 rings (SSSR count). The van der Waals surface area contributed by atoms with Crippen LogP contribution >= 0.6 is 0 Å². The number of H-pyrrole nitrogens is 2. The van der Waals surface area contributed by atoms with Gasteiger partial charge in [0.1, 0.15) is 34.9 Å². The van der Waals surface area contributed by atoms with E-state index in [-0.39, 0.29) is 35.2 Å². The third-order valence-corrected chi connectivity index (χ3v) is 10.5. The monoisotopic (exact) mass is 752 g/mol. The number of methoxy groups -OCH3 is 2. The minimum absolute atomic E-state index is 0.145. The predicted molar refractivity (Wildman–Crippen MR) is 202 cm³/mol. The normalized spacial score (nSPS) is 18.1. The molecule has 5 heterocycles. The summed E-state index contributed by atoms with van der Waals surface area (Å²) in [6, 6.07) is 8.66. The van der Waals surface area contributed by atoms with Crippen LogP contribution in [-0.2, 0) is 19.1 Å². The Morgan fingerprint density at radius 2 is 1.33 bits per heavy atom. The molecule has 2 fully saturated rings. The van der Waals surface area contributed by atoms with Crippen molar-refractivity contribution in [3.05, 3.63) is 70.7 Å². The van der Waals surface area contributed by atoms with Crippen LogP contribution in [0.15, 0.2) is 58.0 Å². The molecule has 2 saturated heterocycles. The highest BCUT2D eigenvalue weighted by Gasteiger charge is 2.38. The first-order chi connectivity index (χ1) is 26.5. The van der Waals surface area contributed by atoms with Crippen LogP contribution in [-0.4, -0.2) is 93.1 Å². The Balaban J connectivity index is 1.10. The molecule has 2 aliphatic heterocycles. The number of ether oxygens (including phenoxy) is 2. The van der Waals surface area contributed by atoms with Gasteiger partial charge in [-0.25, -0.2) is 19.6 Å². The van der Waals surface area contributed by atoms with E-state index in [1.807, 2.05) is 26.0 Å². The van der Waals surface area contributed by atoms with Crippen molar-refractivity contribution in [1.82, 2.24) is 40.4 Å². The summed E-state index contributed by atoms with van der Waals surface area (Å²) >= 11 is 0. The molecule has 2 aromatic carbocycles. The third kappa shape index (κ3) is 7.23. The number of hydrogen-bond donors (Lipinski definition) is 4. The standard InChI is InChI=1S/C39H44N8O8/c1-20(2)32(45-39(52)54-5)37(50)47-15-7-9-29(47)35-41-19-27(44-35)23-10-12-24-31(17-23)55-30-13-11-22(16-25(30)33(24)48)26-18-40-34(43-26)28-8-6-14-46(28)36(49)21(3)42-38(51)53-4/h10-13,16-21,28-29,32H,6-9,14-15H2,1-5H3,(H,40,43)(H,41,44)(H,42,51)(H,45,52)/t21-,28-,29-,32-/m0/s1. The molecule has 5 aromatic rings. The highest BCUT2D eigenvalue weighted by Crippen LogP contribution is 2.35. The molecule has 0 bridgehead atoms. The molecular weight excluding hydrogens is 708 g/mol. The summed E-state index contributed by atoms with van der Waals surface area (Å²) in [6.07, 6.45) is 5.08. The number of carbonyl (C=O) groups excluding carboxylic acids is 4. The Morgan fingerprint density at radius 3 is 1.93 bits per heavy atom. The molecule has 2 aliphatic rings. The smallest absolute Gasteiger partial charge is 0.407 e. The molecule has 0 saturated carbocycles. The van der Waals surface area contributed by atoms with E-state index in [0.29, 0.717) is 64.5 Å². The number of amides is 4. The first-order valence-corrected chi connectivity index (χ1v) is 18.4. The summed E-state index contributed by atoms with van der Waals surface area (Å²) in [7, 11) is 2.52. The van der Waals surface area contributed by atoms with Gasteiger partial charge in [0.05, 0.1) is 60.9 Å². The number of imidazole rings is 2. The van der Waals surface area contributed by atoms with E-state index < -0.39 is 24.3 Å². The van der Waals surface area contributed by atoms with E-state index in [9.17, 15) is 24.0 Å². The van der Waals surface area contributed by atoms with Crippen molar-refractivity contribution in [3.8, 4) is 22.5 Å². The average molecular weight is 753 g/mol. The minimum atomic E-state index is -0.757. The van der Waals surface area contributed by atoms with E-state index in [0.717, 1.165) is 30.4 Å². The van der Waals surface area contributed by atoms with Gasteiger partial charge in [-0.15, -0.1) is 0 Å². The largest absolute Gasteiger partial charge is 0.456 e. The van der Waals surface area contributed by atoms with Crippen LogP contribution in [0.4, 0.5) is 9.59 Å². The van der Waals surface area contributed by atoms with Gasteiger partial charge in [0.15, 0.2) is 0 Å². The molecule has 0 aliphatic carbocycles. The number of nitrogens with one attached hydrogen (secondary N) is 4. The number of benzene rings is 2. The molecule has 3 aromatic heterocycles. The van der Waals surface area contributed by atoms with Crippen LogP contribution in [0.1, 0.15) is 70.2 Å². The zero-order chi connectivity index (χ0) is 39.0. The predicted octanol–water partition coefficient (Wildman–Crippen LogP) is 5.18. The van der Waals surface area contributed by atoms with Gasteiger partial charge in [-0.05, 0) is 68.9 Å². The Kier molecular flexibility index (Phi) is 10.3. The molecule has 4 amide bonds. The highest BCUT2D eigenvalue weighted by atomic mass is 16.5. The third-order valence-electron chi connectivity index (χ3n) is 10.5. The summed E-state index contributed by atoms with van der Waals surface area (Å²) < 4.78 is 15.6. The number of hydrogen-bond acceptors (Lipinski definition) is 10. The number of rotatable bonds is 9. The molecule has 4 atom stereocenters. The molecule has 0 spiro atoms. The Bertz CT molecular complexity index is 2330. The molecular formula is C39H44N8O8. The van der Waals surface area contributed by atoms with Gasteiger partial charge in [0, 0.05) is 24.2 Å².